The van der Waals surface area contributed by atoms with E-state index in [2.05, 4.69) is 5.32 Å². The van der Waals surface area contributed by atoms with Crippen LogP contribution in [0.5, 0.6) is 11.5 Å². The van der Waals surface area contributed by atoms with Crippen LogP contribution in [0.2, 0.25) is 0 Å². The van der Waals surface area contributed by atoms with E-state index in [-0.39, 0.29) is 30.1 Å². The molecule has 1 aliphatic rings. The Hall–Kier alpha value is -1.96. The molecular formula is C15H19F3N2O3. The van der Waals surface area contributed by atoms with Gasteiger partial charge in [-0.3, -0.25) is 4.79 Å². The molecule has 0 aromatic heterocycles. The summed E-state index contributed by atoms with van der Waals surface area (Å²) < 4.78 is 46.8. The highest BCUT2D eigenvalue weighted by molar-refractivity contribution is 5.78. The zero-order chi connectivity index (χ0) is 16.9. The van der Waals surface area contributed by atoms with Gasteiger partial charge in [0, 0.05) is 25.7 Å². The lowest BCUT2D eigenvalue weighted by molar-refractivity contribution is -0.153. The molecule has 128 valence electrons. The highest BCUT2D eigenvalue weighted by Gasteiger charge is 2.29. The number of benzene rings is 1. The van der Waals surface area contributed by atoms with Gasteiger partial charge in [0.15, 0.2) is 24.7 Å². The average Bonchev–Trinajstić information content (AvgIpc) is 2.50. The third-order valence-electron chi connectivity index (χ3n) is 3.31. The number of alkyl halides is 3. The van der Waals surface area contributed by atoms with E-state index in [1.807, 2.05) is 6.92 Å². The second-order valence-corrected chi connectivity index (χ2v) is 5.33. The van der Waals surface area contributed by atoms with Crippen LogP contribution in [0.4, 0.5) is 13.2 Å². The Labute approximate surface area is 132 Å². The van der Waals surface area contributed by atoms with Crippen LogP contribution in [0.3, 0.4) is 0 Å². The number of carbonyl (C=O) groups is 1. The van der Waals surface area contributed by atoms with Crippen molar-refractivity contribution < 1.29 is 27.4 Å². The SMILES string of the molecule is CC1CN(C(=O)COc2ccccc2OCC(F)(F)F)CCN1. The number of amides is 1. The molecular weight excluding hydrogens is 313 g/mol. The van der Waals surface area contributed by atoms with Crippen molar-refractivity contribution >= 4 is 5.91 Å². The van der Waals surface area contributed by atoms with E-state index in [0.717, 1.165) is 0 Å². The van der Waals surface area contributed by atoms with Crippen molar-refractivity contribution in [3.8, 4) is 11.5 Å². The molecule has 2 rings (SSSR count). The standard InChI is InChI=1S/C15H19F3N2O3/c1-11-8-20(7-6-19-11)14(21)9-22-12-4-2-3-5-13(12)23-10-15(16,17)18/h2-5,11,19H,6-10H2,1H3. The number of hydrogen-bond acceptors (Lipinski definition) is 4. The monoisotopic (exact) mass is 332 g/mol. The van der Waals surface area contributed by atoms with Crippen LogP contribution < -0.4 is 14.8 Å². The first-order valence-corrected chi connectivity index (χ1v) is 7.28. The third kappa shape index (κ3) is 5.63. The fraction of sp³-hybridized carbons (Fsp3) is 0.533. The highest BCUT2D eigenvalue weighted by atomic mass is 19.4. The fourth-order valence-corrected chi connectivity index (χ4v) is 2.24. The minimum Gasteiger partial charge on any atom is -0.480 e. The Morgan fingerprint density at radius 1 is 1.30 bits per heavy atom. The van der Waals surface area contributed by atoms with Crippen molar-refractivity contribution in [3.05, 3.63) is 24.3 Å². The second-order valence-electron chi connectivity index (χ2n) is 5.33. The topological polar surface area (TPSA) is 50.8 Å². The highest BCUT2D eigenvalue weighted by Crippen LogP contribution is 2.28. The van der Waals surface area contributed by atoms with E-state index in [1.165, 1.54) is 12.1 Å². The van der Waals surface area contributed by atoms with Gasteiger partial charge < -0.3 is 19.7 Å². The molecule has 0 aliphatic carbocycles. The summed E-state index contributed by atoms with van der Waals surface area (Å²) in [6.07, 6.45) is -4.43. The van der Waals surface area contributed by atoms with E-state index in [0.29, 0.717) is 19.6 Å². The summed E-state index contributed by atoms with van der Waals surface area (Å²) in [6.45, 7) is 2.20. The molecule has 23 heavy (non-hydrogen) atoms. The predicted molar refractivity (Wildman–Crippen MR) is 77.5 cm³/mol. The molecule has 5 nitrogen and oxygen atoms in total. The first-order chi connectivity index (χ1) is 10.8. The van der Waals surface area contributed by atoms with Crippen molar-refractivity contribution in [2.24, 2.45) is 0 Å². The van der Waals surface area contributed by atoms with Gasteiger partial charge in [0.25, 0.3) is 5.91 Å². The Balaban J connectivity index is 1.91. The number of carbonyl (C=O) groups excluding carboxylic acids is 1. The smallest absolute Gasteiger partial charge is 0.422 e. The molecule has 1 fully saturated rings. The van der Waals surface area contributed by atoms with Crippen LogP contribution in [0.15, 0.2) is 24.3 Å². The van der Waals surface area contributed by atoms with Gasteiger partial charge in [-0.15, -0.1) is 0 Å². The van der Waals surface area contributed by atoms with E-state index in [1.54, 1.807) is 17.0 Å². The number of hydrogen-bond donors (Lipinski definition) is 1. The molecule has 0 bridgehead atoms. The number of piperazine rings is 1. The maximum absolute atomic E-state index is 12.2. The first-order valence-electron chi connectivity index (χ1n) is 7.28. The van der Waals surface area contributed by atoms with Crippen LogP contribution >= 0.6 is 0 Å². The van der Waals surface area contributed by atoms with Gasteiger partial charge in [-0.05, 0) is 19.1 Å². The number of rotatable bonds is 5. The summed E-state index contributed by atoms with van der Waals surface area (Å²) in [5, 5.41) is 3.22. The maximum Gasteiger partial charge on any atom is 0.422 e. The van der Waals surface area contributed by atoms with Gasteiger partial charge in [0.05, 0.1) is 0 Å². The summed E-state index contributed by atoms with van der Waals surface area (Å²) in [4.78, 5) is 13.8. The number of para-hydroxylation sites is 2. The summed E-state index contributed by atoms with van der Waals surface area (Å²) in [5.74, 6) is -0.122. The van der Waals surface area contributed by atoms with Crippen molar-refractivity contribution in [2.75, 3.05) is 32.8 Å². The molecule has 0 spiro atoms. The molecule has 1 amide bonds. The Morgan fingerprint density at radius 2 is 1.96 bits per heavy atom. The summed E-state index contributed by atoms with van der Waals surface area (Å²) in [7, 11) is 0. The molecule has 0 radical (unpaired) electrons. The Morgan fingerprint density at radius 3 is 2.57 bits per heavy atom. The van der Waals surface area contributed by atoms with E-state index in [4.69, 9.17) is 9.47 Å². The number of halogens is 3. The molecule has 1 unspecified atom stereocenters. The molecule has 1 saturated heterocycles. The normalized spacial score (nSPS) is 18.6. The maximum atomic E-state index is 12.2. The predicted octanol–water partition coefficient (Wildman–Crippen LogP) is 1.83. The minimum absolute atomic E-state index is 0.0358. The van der Waals surface area contributed by atoms with Crippen LogP contribution in [-0.2, 0) is 4.79 Å². The van der Waals surface area contributed by atoms with Gasteiger partial charge in [0.1, 0.15) is 0 Å². The summed E-state index contributed by atoms with van der Waals surface area (Å²) >= 11 is 0. The lowest BCUT2D eigenvalue weighted by Gasteiger charge is -2.31. The van der Waals surface area contributed by atoms with Crippen molar-refractivity contribution in [3.63, 3.8) is 0 Å². The zero-order valence-electron chi connectivity index (χ0n) is 12.7. The van der Waals surface area contributed by atoms with Gasteiger partial charge >= 0.3 is 6.18 Å². The van der Waals surface area contributed by atoms with Crippen LogP contribution in [0.1, 0.15) is 6.92 Å². The van der Waals surface area contributed by atoms with Crippen molar-refractivity contribution in [2.45, 2.75) is 19.1 Å². The van der Waals surface area contributed by atoms with Gasteiger partial charge in [0.2, 0.25) is 0 Å². The number of ether oxygens (including phenoxy) is 2. The quantitative estimate of drug-likeness (QED) is 0.894. The summed E-state index contributed by atoms with van der Waals surface area (Å²) in [6, 6.07) is 6.19. The zero-order valence-corrected chi connectivity index (χ0v) is 12.7. The Bertz CT molecular complexity index is 537. The largest absolute Gasteiger partial charge is 0.480 e. The molecule has 0 saturated carbocycles. The van der Waals surface area contributed by atoms with Gasteiger partial charge in [-0.1, -0.05) is 12.1 Å². The van der Waals surface area contributed by atoms with Crippen LogP contribution in [-0.4, -0.2) is 55.9 Å². The molecule has 1 heterocycles. The first kappa shape index (κ1) is 17.4. The lowest BCUT2D eigenvalue weighted by Crippen LogP contribution is -2.52. The molecule has 1 N–H and O–H groups in total. The van der Waals surface area contributed by atoms with Crippen molar-refractivity contribution in [1.29, 1.82) is 0 Å². The summed E-state index contributed by atoms with van der Waals surface area (Å²) in [5.41, 5.74) is 0. The van der Waals surface area contributed by atoms with Crippen molar-refractivity contribution in [1.82, 2.24) is 10.2 Å². The van der Waals surface area contributed by atoms with Gasteiger partial charge in [-0.25, -0.2) is 0 Å². The van der Waals surface area contributed by atoms with Crippen LogP contribution in [0.25, 0.3) is 0 Å². The van der Waals surface area contributed by atoms with E-state index < -0.39 is 12.8 Å². The molecule has 1 aromatic carbocycles. The molecule has 1 atom stereocenters. The Kier molecular flexibility index (Phi) is 5.70. The van der Waals surface area contributed by atoms with Crippen LogP contribution in [0, 0.1) is 0 Å². The van der Waals surface area contributed by atoms with E-state index in [9.17, 15) is 18.0 Å². The average molecular weight is 332 g/mol. The van der Waals surface area contributed by atoms with E-state index >= 15 is 0 Å². The molecule has 1 aliphatic heterocycles. The number of nitrogens with one attached hydrogen (secondary N) is 1. The third-order valence-corrected chi connectivity index (χ3v) is 3.31. The lowest BCUT2D eigenvalue weighted by atomic mass is 10.2. The minimum atomic E-state index is -4.43. The number of nitrogens with zero attached hydrogens (tertiary/aromatic N) is 1. The second kappa shape index (κ2) is 7.54. The van der Waals surface area contributed by atoms with Gasteiger partial charge in [-0.2, -0.15) is 13.2 Å². The molecule has 1 aromatic rings. The molecule has 8 heteroatoms. The fourth-order valence-electron chi connectivity index (χ4n) is 2.24.